The van der Waals surface area contributed by atoms with Crippen LogP contribution in [0.3, 0.4) is 0 Å². The summed E-state index contributed by atoms with van der Waals surface area (Å²) in [5, 5.41) is 8.69. The first-order valence-corrected chi connectivity index (χ1v) is 9.16. The molecule has 0 aromatic heterocycles. The van der Waals surface area contributed by atoms with Crippen LogP contribution in [0.4, 0.5) is 0 Å². The second-order valence-electron chi connectivity index (χ2n) is 6.10. The highest BCUT2D eigenvalue weighted by Gasteiger charge is 2.33. The highest BCUT2D eigenvalue weighted by molar-refractivity contribution is 7.89. The maximum atomic E-state index is 11.2. The van der Waals surface area contributed by atoms with Gasteiger partial charge in [0.05, 0.1) is 4.90 Å². The van der Waals surface area contributed by atoms with Crippen LogP contribution < -0.4 is 10.5 Å². The third-order valence-corrected chi connectivity index (χ3v) is 5.31. The summed E-state index contributed by atoms with van der Waals surface area (Å²) in [7, 11) is -3.58. The molecule has 1 saturated heterocycles. The van der Waals surface area contributed by atoms with Crippen LogP contribution in [-0.2, 0) is 16.4 Å². The Morgan fingerprint density at radius 2 is 1.90 bits per heavy atom. The topological polar surface area (TPSA) is 75.4 Å². The van der Waals surface area contributed by atoms with Gasteiger partial charge in [0.25, 0.3) is 0 Å². The van der Waals surface area contributed by atoms with Gasteiger partial charge in [0.1, 0.15) is 0 Å². The summed E-state index contributed by atoms with van der Waals surface area (Å²) in [5.41, 5.74) is 1.13. The van der Waals surface area contributed by atoms with E-state index in [-0.39, 0.29) is 4.90 Å². The lowest BCUT2D eigenvalue weighted by atomic mass is 10.1. The largest absolute Gasteiger partial charge is 0.312 e. The molecule has 1 saturated carbocycles. The maximum Gasteiger partial charge on any atom is 0.238 e. The molecule has 1 heterocycles. The predicted molar refractivity (Wildman–Crippen MR) is 82.5 cm³/mol. The molecule has 116 valence electrons. The van der Waals surface area contributed by atoms with E-state index in [4.69, 9.17) is 5.14 Å². The van der Waals surface area contributed by atoms with Gasteiger partial charge in [-0.25, -0.2) is 13.6 Å². The first kappa shape index (κ1) is 15.0. The molecule has 21 heavy (non-hydrogen) atoms. The fourth-order valence-corrected chi connectivity index (χ4v) is 3.51. The molecule has 1 aliphatic carbocycles. The van der Waals surface area contributed by atoms with Crippen molar-refractivity contribution in [3.8, 4) is 0 Å². The number of primary sulfonamides is 1. The number of nitrogens with one attached hydrogen (secondary N) is 1. The van der Waals surface area contributed by atoms with E-state index in [2.05, 4.69) is 10.2 Å². The van der Waals surface area contributed by atoms with Crippen LogP contribution >= 0.6 is 0 Å². The summed E-state index contributed by atoms with van der Waals surface area (Å²) in [6.45, 7) is 3.33. The molecule has 3 rings (SSSR count). The van der Waals surface area contributed by atoms with Gasteiger partial charge in [0.15, 0.2) is 0 Å². The lowest BCUT2D eigenvalue weighted by molar-refractivity contribution is 0.318. The molecule has 0 radical (unpaired) electrons. The van der Waals surface area contributed by atoms with Crippen molar-refractivity contribution in [3.05, 3.63) is 29.8 Å². The Hall–Kier alpha value is -0.950. The number of nitrogens with zero attached hydrogens (tertiary/aromatic N) is 1. The minimum absolute atomic E-state index is 0.176. The van der Waals surface area contributed by atoms with E-state index in [0.717, 1.165) is 24.6 Å². The van der Waals surface area contributed by atoms with Gasteiger partial charge in [-0.3, -0.25) is 4.90 Å². The number of hydrogen-bond acceptors (Lipinski definition) is 4. The van der Waals surface area contributed by atoms with Gasteiger partial charge >= 0.3 is 0 Å². The Balaban J connectivity index is 1.43. The SMILES string of the molecule is NS(=O)(=O)c1ccc(CCNC2CCN(C3CC3)C2)cc1. The molecule has 1 aromatic carbocycles. The number of sulfonamides is 1. The first-order chi connectivity index (χ1) is 10.0. The van der Waals surface area contributed by atoms with Gasteiger partial charge in [0.2, 0.25) is 10.0 Å². The number of likely N-dealkylation sites (tertiary alicyclic amines) is 1. The third-order valence-electron chi connectivity index (χ3n) is 4.38. The van der Waals surface area contributed by atoms with Crippen LogP contribution in [0.25, 0.3) is 0 Å². The average molecular weight is 309 g/mol. The molecule has 1 unspecified atom stereocenters. The molecular formula is C15H23N3O2S. The minimum atomic E-state index is -3.58. The molecule has 2 fully saturated rings. The van der Waals surface area contributed by atoms with Gasteiger partial charge in [-0.1, -0.05) is 12.1 Å². The van der Waals surface area contributed by atoms with E-state index in [1.165, 1.54) is 32.4 Å². The van der Waals surface area contributed by atoms with E-state index in [1.54, 1.807) is 12.1 Å². The number of benzene rings is 1. The van der Waals surface area contributed by atoms with Crippen LogP contribution in [0, 0.1) is 0 Å². The van der Waals surface area contributed by atoms with Crippen molar-refractivity contribution in [3.63, 3.8) is 0 Å². The lowest BCUT2D eigenvalue weighted by Crippen LogP contribution is -2.34. The number of hydrogen-bond donors (Lipinski definition) is 2. The highest BCUT2D eigenvalue weighted by atomic mass is 32.2. The number of nitrogens with two attached hydrogens (primary N) is 1. The van der Waals surface area contributed by atoms with E-state index in [9.17, 15) is 8.42 Å². The Bertz CT molecular complexity index is 581. The second kappa shape index (κ2) is 6.04. The zero-order chi connectivity index (χ0) is 14.9. The molecule has 5 nitrogen and oxygen atoms in total. The number of rotatable bonds is 6. The van der Waals surface area contributed by atoms with Crippen molar-refractivity contribution in [1.29, 1.82) is 0 Å². The van der Waals surface area contributed by atoms with E-state index >= 15 is 0 Å². The summed E-state index contributed by atoms with van der Waals surface area (Å²) >= 11 is 0. The Morgan fingerprint density at radius 1 is 1.19 bits per heavy atom. The van der Waals surface area contributed by atoms with Crippen LogP contribution in [0.1, 0.15) is 24.8 Å². The molecule has 0 amide bonds. The zero-order valence-electron chi connectivity index (χ0n) is 12.2. The lowest BCUT2D eigenvalue weighted by Gasteiger charge is -2.15. The zero-order valence-corrected chi connectivity index (χ0v) is 13.0. The summed E-state index contributed by atoms with van der Waals surface area (Å²) in [6.07, 6.45) is 4.90. The first-order valence-electron chi connectivity index (χ1n) is 7.61. The second-order valence-corrected chi connectivity index (χ2v) is 7.67. The predicted octanol–water partition coefficient (Wildman–Crippen LogP) is 0.703. The van der Waals surface area contributed by atoms with Crippen LogP contribution in [0.5, 0.6) is 0 Å². The van der Waals surface area contributed by atoms with Crippen molar-refractivity contribution in [1.82, 2.24) is 10.2 Å². The third kappa shape index (κ3) is 4.03. The summed E-state index contributed by atoms with van der Waals surface area (Å²) < 4.78 is 22.4. The van der Waals surface area contributed by atoms with Gasteiger partial charge in [-0.15, -0.1) is 0 Å². The van der Waals surface area contributed by atoms with Crippen LogP contribution in [0.2, 0.25) is 0 Å². The van der Waals surface area contributed by atoms with Gasteiger partial charge in [-0.05, 0) is 49.9 Å². The quantitative estimate of drug-likeness (QED) is 0.811. The van der Waals surface area contributed by atoms with Crippen molar-refractivity contribution < 1.29 is 8.42 Å². The Kier molecular flexibility index (Phi) is 4.31. The van der Waals surface area contributed by atoms with Gasteiger partial charge in [-0.2, -0.15) is 0 Å². The molecule has 0 spiro atoms. The molecular weight excluding hydrogens is 286 g/mol. The standard InChI is InChI=1S/C15H23N3O2S/c16-21(19,20)15-5-1-12(2-6-15)7-9-17-13-8-10-18(11-13)14-3-4-14/h1-2,5-6,13-14,17H,3-4,7-11H2,(H2,16,19,20). The Morgan fingerprint density at radius 3 is 2.52 bits per heavy atom. The normalized spacial score (nSPS) is 23.6. The van der Waals surface area contributed by atoms with Gasteiger partial charge in [0, 0.05) is 25.2 Å². The summed E-state index contributed by atoms with van der Waals surface area (Å²) in [6, 6.07) is 8.31. The van der Waals surface area contributed by atoms with E-state index < -0.39 is 10.0 Å². The molecule has 1 atom stereocenters. The van der Waals surface area contributed by atoms with Gasteiger partial charge < -0.3 is 5.32 Å². The van der Waals surface area contributed by atoms with Crippen molar-refractivity contribution in [2.75, 3.05) is 19.6 Å². The average Bonchev–Trinajstić information content (AvgIpc) is 3.19. The fraction of sp³-hybridized carbons (Fsp3) is 0.600. The fourth-order valence-electron chi connectivity index (χ4n) is 2.99. The minimum Gasteiger partial charge on any atom is -0.312 e. The molecule has 3 N–H and O–H groups in total. The van der Waals surface area contributed by atoms with Crippen molar-refractivity contribution in [2.24, 2.45) is 5.14 Å². The molecule has 1 aliphatic heterocycles. The molecule has 0 bridgehead atoms. The van der Waals surface area contributed by atoms with E-state index in [0.29, 0.717) is 6.04 Å². The molecule has 6 heteroatoms. The van der Waals surface area contributed by atoms with E-state index in [1.807, 2.05) is 12.1 Å². The monoisotopic (exact) mass is 309 g/mol. The van der Waals surface area contributed by atoms with Crippen LogP contribution in [0.15, 0.2) is 29.2 Å². The summed E-state index contributed by atoms with van der Waals surface area (Å²) in [5.74, 6) is 0. The van der Waals surface area contributed by atoms with Crippen LogP contribution in [-0.4, -0.2) is 45.0 Å². The Labute approximate surface area is 126 Å². The maximum absolute atomic E-state index is 11.2. The molecule has 1 aromatic rings. The smallest absolute Gasteiger partial charge is 0.238 e. The molecule has 2 aliphatic rings. The van der Waals surface area contributed by atoms with Crippen molar-refractivity contribution >= 4 is 10.0 Å². The van der Waals surface area contributed by atoms with Crippen molar-refractivity contribution in [2.45, 2.75) is 42.7 Å². The highest BCUT2D eigenvalue weighted by Crippen LogP contribution is 2.29. The summed E-state index contributed by atoms with van der Waals surface area (Å²) in [4.78, 5) is 2.77.